The van der Waals surface area contributed by atoms with E-state index < -0.39 is 0 Å². The Kier molecular flexibility index (Phi) is 5.14. The minimum Gasteiger partial charge on any atom is -0.466 e. The average Bonchev–Trinajstić information content (AvgIpc) is 3.31. The summed E-state index contributed by atoms with van der Waals surface area (Å²) in [4.78, 5) is 13.2. The topological polar surface area (TPSA) is 41.9 Å². The van der Waals surface area contributed by atoms with Gasteiger partial charge in [0.2, 0.25) is 0 Å². The summed E-state index contributed by atoms with van der Waals surface area (Å²) in [7, 11) is 0. The Bertz CT molecular complexity index is 1060. The minimum atomic E-state index is -0.334. The molecule has 0 unspecified atom stereocenters. The number of nitrogens with zero attached hydrogens (tertiary/aromatic N) is 2. The first kappa shape index (κ1) is 23.1. The van der Waals surface area contributed by atoms with Crippen LogP contribution in [0.4, 0.5) is 5.69 Å². The lowest BCUT2D eigenvalue weighted by molar-refractivity contribution is -0.191. The maximum absolute atomic E-state index is 13.2. The number of esters is 1. The molecule has 5 aliphatic rings. The second-order valence-corrected chi connectivity index (χ2v) is 13.7. The van der Waals surface area contributed by atoms with Gasteiger partial charge in [-0.1, -0.05) is 42.3 Å². The number of benzene rings is 1. The van der Waals surface area contributed by atoms with Crippen LogP contribution in [-0.4, -0.2) is 24.8 Å². The zero-order chi connectivity index (χ0) is 23.9. The van der Waals surface area contributed by atoms with Crippen LogP contribution in [-0.2, 0) is 9.53 Å². The Balaban J connectivity index is 1.37. The summed E-state index contributed by atoms with van der Waals surface area (Å²) in [5.74, 6) is 1.69. The molecule has 0 amide bonds. The molecule has 5 heteroatoms. The van der Waals surface area contributed by atoms with Crippen LogP contribution in [0.15, 0.2) is 33.8 Å². The van der Waals surface area contributed by atoms with Crippen LogP contribution in [0.3, 0.4) is 0 Å². The van der Waals surface area contributed by atoms with E-state index in [1.165, 1.54) is 43.5 Å². The van der Waals surface area contributed by atoms with Crippen LogP contribution < -0.4 is 5.01 Å². The zero-order valence-corrected chi connectivity index (χ0v) is 22.8. The quantitative estimate of drug-likeness (QED) is 0.390. The predicted molar refractivity (Wildman–Crippen MR) is 140 cm³/mol. The summed E-state index contributed by atoms with van der Waals surface area (Å²) in [6.07, 6.45) is 9.58. The van der Waals surface area contributed by atoms with Gasteiger partial charge < -0.3 is 4.74 Å². The highest BCUT2D eigenvalue weighted by Gasteiger charge is 2.71. The fraction of sp³-hybridized carbons (Fsp3) is 0.724. The summed E-state index contributed by atoms with van der Waals surface area (Å²) in [6, 6.07) is 8.58. The third kappa shape index (κ3) is 2.94. The van der Waals surface area contributed by atoms with Crippen molar-refractivity contribution in [1.29, 1.82) is 0 Å². The van der Waals surface area contributed by atoms with Crippen molar-refractivity contribution in [2.75, 3.05) is 18.2 Å². The summed E-state index contributed by atoms with van der Waals surface area (Å²) in [6.45, 7) is 10.7. The molecule has 184 valence electrons. The third-order valence-corrected chi connectivity index (χ3v) is 11.6. The van der Waals surface area contributed by atoms with Crippen molar-refractivity contribution >= 4 is 33.3 Å². The Hall–Kier alpha value is -1.36. The molecule has 4 aliphatic carbocycles. The maximum atomic E-state index is 13.2. The number of fused-ring (bicyclic) bond motifs is 5. The summed E-state index contributed by atoms with van der Waals surface area (Å²) in [5, 5.41) is 7.61. The van der Waals surface area contributed by atoms with Crippen molar-refractivity contribution in [3.63, 3.8) is 0 Å². The van der Waals surface area contributed by atoms with E-state index >= 15 is 0 Å². The Morgan fingerprint density at radius 1 is 1.15 bits per heavy atom. The zero-order valence-electron chi connectivity index (χ0n) is 21.2. The number of rotatable bonds is 3. The molecule has 1 heterocycles. The van der Waals surface area contributed by atoms with Crippen LogP contribution in [0, 0.1) is 39.4 Å². The van der Waals surface area contributed by atoms with Gasteiger partial charge >= 0.3 is 5.97 Å². The summed E-state index contributed by atoms with van der Waals surface area (Å²) in [5.41, 5.74) is 3.09. The van der Waals surface area contributed by atoms with Gasteiger partial charge in [0.1, 0.15) is 0 Å². The van der Waals surface area contributed by atoms with E-state index in [1.807, 2.05) is 6.92 Å². The Morgan fingerprint density at radius 3 is 2.71 bits per heavy atom. The number of halogens is 1. The predicted octanol–water partition coefficient (Wildman–Crippen LogP) is 7.22. The standard InChI is InChI=1S/C29H39BrN2O2/c1-5-34-25(33)28(4)13-7-12-27(3)22(28)11-15-29-18-26(2,14-10-23(27)29)24-21(29)17-32(31-24)20-9-6-8-19(30)16-20/h6,8-9,16,21-23H,5,7,10-15,17-18H2,1-4H3/t21-,22+,23+,26+,27-,28-,29-/m1/s1. The Labute approximate surface area is 213 Å². The van der Waals surface area contributed by atoms with Gasteiger partial charge in [0.25, 0.3) is 0 Å². The van der Waals surface area contributed by atoms with Crippen molar-refractivity contribution in [3.8, 4) is 0 Å². The molecule has 1 aliphatic heterocycles. The minimum absolute atomic E-state index is 0.0536. The second-order valence-electron chi connectivity index (χ2n) is 12.8. The summed E-state index contributed by atoms with van der Waals surface area (Å²) >= 11 is 3.65. The van der Waals surface area contributed by atoms with E-state index in [4.69, 9.17) is 9.84 Å². The highest BCUT2D eigenvalue weighted by atomic mass is 79.9. The smallest absolute Gasteiger partial charge is 0.312 e. The largest absolute Gasteiger partial charge is 0.466 e. The molecular formula is C29H39BrN2O2. The van der Waals surface area contributed by atoms with E-state index in [1.54, 1.807) is 0 Å². The highest BCUT2D eigenvalue weighted by Crippen LogP contribution is 2.75. The normalized spacial score (nSPS) is 44.7. The SMILES string of the molecule is CCOC(=O)[C@]1(C)CCC[C@@]2(C)[C@@H]3CC[C@@]4(C)C[C@]3(CC[C@@H]21)[C@@H]1CN(c2cccc(Br)c2)N=C14. The van der Waals surface area contributed by atoms with Crippen LogP contribution in [0.1, 0.15) is 79.1 Å². The molecule has 4 saturated carbocycles. The average molecular weight is 528 g/mol. The molecule has 4 fully saturated rings. The molecule has 0 saturated heterocycles. The number of carbonyl (C=O) groups excluding carboxylic acids is 1. The van der Waals surface area contributed by atoms with Gasteiger partial charge in [-0.05, 0) is 99.7 Å². The Morgan fingerprint density at radius 2 is 1.94 bits per heavy atom. The van der Waals surface area contributed by atoms with Crippen LogP contribution in [0.2, 0.25) is 0 Å². The van der Waals surface area contributed by atoms with Gasteiger partial charge in [-0.2, -0.15) is 5.10 Å². The van der Waals surface area contributed by atoms with Crippen LogP contribution in [0.25, 0.3) is 0 Å². The van der Waals surface area contributed by atoms with Gasteiger partial charge in [0.15, 0.2) is 0 Å². The van der Waals surface area contributed by atoms with E-state index in [0.717, 1.165) is 30.3 Å². The molecule has 1 aromatic carbocycles. The molecule has 34 heavy (non-hydrogen) atoms. The second kappa shape index (κ2) is 7.57. The molecule has 0 N–H and O–H groups in total. The number of carbonyl (C=O) groups is 1. The molecule has 1 aromatic rings. The molecule has 4 nitrogen and oxygen atoms in total. The van der Waals surface area contributed by atoms with Crippen molar-refractivity contribution < 1.29 is 9.53 Å². The number of hydrazone groups is 1. The lowest BCUT2D eigenvalue weighted by atomic mass is 9.39. The molecular weight excluding hydrogens is 488 g/mol. The van der Waals surface area contributed by atoms with Crippen molar-refractivity contribution in [2.24, 2.45) is 44.5 Å². The fourth-order valence-electron chi connectivity index (χ4n) is 9.92. The number of anilines is 1. The number of hydrogen-bond donors (Lipinski definition) is 0. The lowest BCUT2D eigenvalue weighted by Gasteiger charge is -2.64. The monoisotopic (exact) mass is 526 g/mol. The number of hydrogen-bond acceptors (Lipinski definition) is 4. The van der Waals surface area contributed by atoms with Gasteiger partial charge in [-0.25, -0.2) is 0 Å². The molecule has 6 rings (SSSR count). The molecule has 2 bridgehead atoms. The molecule has 0 aromatic heterocycles. The first-order valence-electron chi connectivity index (χ1n) is 13.5. The summed E-state index contributed by atoms with van der Waals surface area (Å²) < 4.78 is 6.77. The van der Waals surface area contributed by atoms with Gasteiger partial charge in [-0.15, -0.1) is 0 Å². The first-order valence-corrected chi connectivity index (χ1v) is 14.2. The van der Waals surface area contributed by atoms with Crippen molar-refractivity contribution in [2.45, 2.75) is 79.1 Å². The molecule has 0 radical (unpaired) electrons. The molecule has 1 spiro atoms. The van der Waals surface area contributed by atoms with Crippen LogP contribution >= 0.6 is 15.9 Å². The van der Waals surface area contributed by atoms with Gasteiger partial charge in [0.05, 0.1) is 24.3 Å². The van der Waals surface area contributed by atoms with Gasteiger partial charge in [0, 0.05) is 21.5 Å². The number of ether oxygens (including phenoxy) is 1. The fourth-order valence-corrected chi connectivity index (χ4v) is 10.3. The van der Waals surface area contributed by atoms with E-state index in [0.29, 0.717) is 29.8 Å². The van der Waals surface area contributed by atoms with E-state index in [9.17, 15) is 4.79 Å². The highest BCUT2D eigenvalue weighted by molar-refractivity contribution is 9.10. The van der Waals surface area contributed by atoms with Gasteiger partial charge in [-0.3, -0.25) is 9.80 Å². The molecule has 7 atom stereocenters. The van der Waals surface area contributed by atoms with Crippen LogP contribution in [0.5, 0.6) is 0 Å². The maximum Gasteiger partial charge on any atom is 0.312 e. The van der Waals surface area contributed by atoms with Crippen molar-refractivity contribution in [1.82, 2.24) is 0 Å². The van der Waals surface area contributed by atoms with E-state index in [2.05, 4.69) is 66.0 Å². The van der Waals surface area contributed by atoms with Crippen molar-refractivity contribution in [3.05, 3.63) is 28.7 Å². The third-order valence-electron chi connectivity index (χ3n) is 11.1. The lowest BCUT2D eigenvalue weighted by Crippen LogP contribution is -2.60. The first-order chi connectivity index (χ1) is 16.2. The van der Waals surface area contributed by atoms with E-state index in [-0.39, 0.29) is 22.2 Å².